The van der Waals surface area contributed by atoms with Crippen LogP contribution in [-0.2, 0) is 16.1 Å². The second-order valence-corrected chi connectivity index (χ2v) is 3.81. The van der Waals surface area contributed by atoms with Gasteiger partial charge in [0, 0.05) is 5.56 Å². The molecule has 0 spiro atoms. The zero-order valence-electron chi connectivity index (χ0n) is 10.0. The molecule has 2 aromatic rings. The number of ether oxygens (including phenoxy) is 1. The summed E-state index contributed by atoms with van der Waals surface area (Å²) in [6.07, 6.45) is -0.951. The van der Waals surface area contributed by atoms with Gasteiger partial charge in [0.25, 0.3) is 5.89 Å². The molecule has 0 fully saturated rings. The Morgan fingerprint density at radius 2 is 2.16 bits per heavy atom. The Morgan fingerprint density at radius 1 is 1.47 bits per heavy atom. The highest BCUT2D eigenvalue weighted by molar-refractivity contribution is 5.71. The molecule has 0 unspecified atom stereocenters. The topological polar surface area (TPSA) is 85.5 Å². The summed E-state index contributed by atoms with van der Waals surface area (Å²) >= 11 is 0. The van der Waals surface area contributed by atoms with Crippen LogP contribution in [0.4, 0.5) is 4.39 Å². The van der Waals surface area contributed by atoms with Crippen LogP contribution in [0.25, 0.3) is 11.5 Å². The lowest BCUT2D eigenvalue weighted by Crippen LogP contribution is -2.19. The van der Waals surface area contributed by atoms with E-state index >= 15 is 0 Å². The molecule has 0 amide bonds. The predicted octanol–water partition coefficient (Wildman–Crippen LogP) is 1.87. The predicted molar refractivity (Wildman–Crippen MR) is 61.6 cm³/mol. The average Bonchev–Trinajstić information content (AvgIpc) is 2.85. The smallest absolute Gasteiger partial charge is 0.332 e. The lowest BCUT2D eigenvalue weighted by molar-refractivity contribution is -0.150. The number of rotatable bonds is 5. The van der Waals surface area contributed by atoms with Gasteiger partial charge in [0.2, 0.25) is 0 Å². The minimum atomic E-state index is -1.07. The van der Waals surface area contributed by atoms with E-state index in [-0.39, 0.29) is 24.1 Å². The van der Waals surface area contributed by atoms with E-state index in [4.69, 9.17) is 14.4 Å². The van der Waals surface area contributed by atoms with E-state index in [0.29, 0.717) is 5.56 Å². The lowest BCUT2D eigenvalue weighted by Gasteiger charge is -2.04. The SMILES string of the molecule is C[C@@H](OCc1noc(-c2ccc(F)cc2)n1)C(=O)O. The highest BCUT2D eigenvalue weighted by atomic mass is 19.1. The number of hydrogen-bond acceptors (Lipinski definition) is 5. The van der Waals surface area contributed by atoms with Gasteiger partial charge in [-0.1, -0.05) is 5.16 Å². The quantitative estimate of drug-likeness (QED) is 0.889. The van der Waals surface area contributed by atoms with Crippen molar-refractivity contribution in [3.63, 3.8) is 0 Å². The Hall–Kier alpha value is -2.28. The fourth-order valence-corrected chi connectivity index (χ4v) is 1.29. The Balaban J connectivity index is 2.03. The summed E-state index contributed by atoms with van der Waals surface area (Å²) in [5, 5.41) is 12.3. The third-order valence-electron chi connectivity index (χ3n) is 2.37. The zero-order valence-corrected chi connectivity index (χ0v) is 10.0. The van der Waals surface area contributed by atoms with Crippen LogP contribution in [0, 0.1) is 5.82 Å². The first-order valence-electron chi connectivity index (χ1n) is 5.49. The van der Waals surface area contributed by atoms with Gasteiger partial charge >= 0.3 is 5.97 Å². The molecule has 1 aromatic carbocycles. The number of aromatic nitrogens is 2. The molecule has 1 atom stereocenters. The monoisotopic (exact) mass is 266 g/mol. The van der Waals surface area contributed by atoms with Crippen molar-refractivity contribution in [1.82, 2.24) is 10.1 Å². The molecule has 19 heavy (non-hydrogen) atoms. The maximum Gasteiger partial charge on any atom is 0.332 e. The van der Waals surface area contributed by atoms with Crippen LogP contribution in [0.15, 0.2) is 28.8 Å². The first kappa shape index (κ1) is 13.2. The van der Waals surface area contributed by atoms with Crippen LogP contribution < -0.4 is 0 Å². The van der Waals surface area contributed by atoms with Crippen molar-refractivity contribution in [2.45, 2.75) is 19.6 Å². The molecule has 1 heterocycles. The summed E-state index contributed by atoms with van der Waals surface area (Å²) in [6.45, 7) is 1.33. The molecular weight excluding hydrogens is 255 g/mol. The summed E-state index contributed by atoms with van der Waals surface area (Å²) in [5.74, 6) is -0.974. The number of hydrogen-bond donors (Lipinski definition) is 1. The number of carboxylic acids is 1. The van der Waals surface area contributed by atoms with Gasteiger partial charge in [0.15, 0.2) is 11.9 Å². The van der Waals surface area contributed by atoms with Gasteiger partial charge in [-0.15, -0.1) is 0 Å². The van der Waals surface area contributed by atoms with Crippen molar-refractivity contribution in [2.75, 3.05) is 0 Å². The van der Waals surface area contributed by atoms with Crippen LogP contribution in [0.5, 0.6) is 0 Å². The third-order valence-corrected chi connectivity index (χ3v) is 2.37. The van der Waals surface area contributed by atoms with Gasteiger partial charge in [0.1, 0.15) is 12.4 Å². The molecule has 0 radical (unpaired) electrons. The normalized spacial score (nSPS) is 12.3. The standard InChI is InChI=1S/C12H11FN2O4/c1-7(12(16)17)18-6-10-14-11(19-15-10)8-2-4-9(13)5-3-8/h2-5,7H,6H2,1H3,(H,16,17)/t7-/m1/s1. The molecule has 7 heteroatoms. The number of halogens is 1. The highest BCUT2D eigenvalue weighted by Crippen LogP contribution is 2.17. The van der Waals surface area contributed by atoms with Gasteiger partial charge in [-0.3, -0.25) is 0 Å². The molecule has 1 N–H and O–H groups in total. The van der Waals surface area contributed by atoms with Crippen LogP contribution in [-0.4, -0.2) is 27.3 Å². The van der Waals surface area contributed by atoms with Gasteiger partial charge < -0.3 is 14.4 Å². The highest BCUT2D eigenvalue weighted by Gasteiger charge is 2.14. The Kier molecular flexibility index (Phi) is 3.86. The number of carboxylic acid groups (broad SMARTS) is 1. The summed E-state index contributed by atoms with van der Waals surface area (Å²) in [4.78, 5) is 14.6. The fourth-order valence-electron chi connectivity index (χ4n) is 1.29. The summed E-state index contributed by atoms with van der Waals surface area (Å²) in [6, 6.07) is 5.57. The van der Waals surface area contributed by atoms with Gasteiger partial charge in [-0.2, -0.15) is 4.98 Å². The summed E-state index contributed by atoms with van der Waals surface area (Å²) in [5.41, 5.74) is 0.575. The molecule has 0 bridgehead atoms. The first-order chi connectivity index (χ1) is 9.06. The van der Waals surface area contributed by atoms with Crippen LogP contribution in [0.2, 0.25) is 0 Å². The number of nitrogens with zero attached hydrogens (tertiary/aromatic N) is 2. The van der Waals surface area contributed by atoms with Gasteiger partial charge in [-0.25, -0.2) is 9.18 Å². The van der Waals surface area contributed by atoms with E-state index < -0.39 is 12.1 Å². The Bertz CT molecular complexity index is 567. The number of carbonyl (C=O) groups is 1. The molecule has 0 aliphatic heterocycles. The largest absolute Gasteiger partial charge is 0.479 e. The second kappa shape index (κ2) is 5.57. The van der Waals surface area contributed by atoms with Crippen molar-refractivity contribution in [3.8, 4) is 11.5 Å². The summed E-state index contributed by atoms with van der Waals surface area (Å²) in [7, 11) is 0. The lowest BCUT2D eigenvalue weighted by atomic mass is 10.2. The average molecular weight is 266 g/mol. The van der Waals surface area contributed by atoms with Crippen LogP contribution in [0.1, 0.15) is 12.7 Å². The molecule has 0 aliphatic carbocycles. The fraction of sp³-hybridized carbons (Fsp3) is 0.250. The maximum absolute atomic E-state index is 12.8. The van der Waals surface area contributed by atoms with E-state index in [1.165, 1.54) is 31.2 Å². The number of benzene rings is 1. The molecule has 0 saturated heterocycles. The Morgan fingerprint density at radius 3 is 2.79 bits per heavy atom. The van der Waals surface area contributed by atoms with Gasteiger partial charge in [-0.05, 0) is 31.2 Å². The maximum atomic E-state index is 12.8. The first-order valence-corrected chi connectivity index (χ1v) is 5.49. The van der Waals surface area contributed by atoms with E-state index in [2.05, 4.69) is 10.1 Å². The molecule has 6 nitrogen and oxygen atoms in total. The van der Waals surface area contributed by atoms with E-state index in [0.717, 1.165) is 0 Å². The van der Waals surface area contributed by atoms with Crippen LogP contribution in [0.3, 0.4) is 0 Å². The molecule has 2 rings (SSSR count). The molecule has 1 aromatic heterocycles. The number of aliphatic carboxylic acids is 1. The molecule has 100 valence electrons. The summed E-state index contributed by atoms with van der Waals surface area (Å²) < 4.78 is 22.7. The van der Waals surface area contributed by atoms with E-state index in [1.54, 1.807) is 0 Å². The third kappa shape index (κ3) is 3.35. The van der Waals surface area contributed by atoms with Crippen molar-refractivity contribution < 1.29 is 23.6 Å². The van der Waals surface area contributed by atoms with Gasteiger partial charge in [0.05, 0.1) is 0 Å². The minimum Gasteiger partial charge on any atom is -0.479 e. The van der Waals surface area contributed by atoms with E-state index in [9.17, 15) is 9.18 Å². The Labute approximate surface area is 107 Å². The molecule has 0 saturated carbocycles. The minimum absolute atomic E-state index is 0.0713. The van der Waals surface area contributed by atoms with E-state index in [1.807, 2.05) is 0 Å². The van der Waals surface area contributed by atoms with Crippen LogP contribution >= 0.6 is 0 Å². The zero-order chi connectivity index (χ0) is 13.8. The van der Waals surface area contributed by atoms with Crippen molar-refractivity contribution in [2.24, 2.45) is 0 Å². The molecule has 0 aliphatic rings. The molecular formula is C12H11FN2O4. The van der Waals surface area contributed by atoms with Crippen molar-refractivity contribution >= 4 is 5.97 Å². The second-order valence-electron chi connectivity index (χ2n) is 3.81. The van der Waals surface area contributed by atoms with Crippen molar-refractivity contribution in [3.05, 3.63) is 35.9 Å². The van der Waals surface area contributed by atoms with Crippen molar-refractivity contribution in [1.29, 1.82) is 0 Å².